The molecule has 3 rings (SSSR count). The smallest absolute Gasteiger partial charge is 0.245 e. The molecule has 0 aliphatic carbocycles. The molecule has 0 saturated carbocycles. The van der Waals surface area contributed by atoms with Crippen LogP contribution in [0.5, 0.6) is 0 Å². The van der Waals surface area contributed by atoms with Crippen LogP contribution in [0.3, 0.4) is 0 Å². The van der Waals surface area contributed by atoms with Crippen molar-refractivity contribution in [2.75, 3.05) is 19.5 Å². The van der Waals surface area contributed by atoms with E-state index in [1.165, 1.54) is 6.07 Å². The van der Waals surface area contributed by atoms with Gasteiger partial charge in [0.15, 0.2) is 0 Å². The Morgan fingerprint density at radius 3 is 2.90 bits per heavy atom. The number of hydrogen-bond donors (Lipinski definition) is 0. The van der Waals surface area contributed by atoms with Crippen LogP contribution in [0.1, 0.15) is 18.3 Å². The van der Waals surface area contributed by atoms with E-state index in [4.69, 9.17) is 11.6 Å². The Morgan fingerprint density at radius 2 is 2.29 bits per heavy atom. The van der Waals surface area contributed by atoms with E-state index >= 15 is 0 Å². The van der Waals surface area contributed by atoms with Gasteiger partial charge in [-0.15, -0.1) is 11.6 Å². The van der Waals surface area contributed by atoms with Crippen LogP contribution in [0.25, 0.3) is 11.0 Å². The van der Waals surface area contributed by atoms with Crippen molar-refractivity contribution in [3.05, 3.63) is 28.2 Å². The number of carbonyl (C=O) groups is 1. The minimum absolute atomic E-state index is 0.0356. The molecule has 1 aromatic carbocycles. The van der Waals surface area contributed by atoms with E-state index in [1.807, 2.05) is 4.57 Å². The molecule has 21 heavy (non-hydrogen) atoms. The first kappa shape index (κ1) is 14.8. The summed E-state index contributed by atoms with van der Waals surface area (Å²) in [5.41, 5.74) is 1.32. The second kappa shape index (κ2) is 5.57. The maximum atomic E-state index is 13.9. The van der Waals surface area contributed by atoms with Gasteiger partial charge in [0.2, 0.25) is 5.91 Å². The molecule has 1 aliphatic heterocycles. The number of likely N-dealkylation sites (tertiary alicyclic amines) is 1. The van der Waals surface area contributed by atoms with Crippen molar-refractivity contribution in [2.24, 2.45) is 0 Å². The van der Waals surface area contributed by atoms with Crippen molar-refractivity contribution in [1.82, 2.24) is 14.5 Å². The van der Waals surface area contributed by atoms with Gasteiger partial charge >= 0.3 is 0 Å². The second-order valence-electron chi connectivity index (χ2n) is 5.16. The third kappa shape index (κ3) is 2.44. The van der Waals surface area contributed by atoms with E-state index in [-0.39, 0.29) is 17.8 Å². The molecule has 1 saturated heterocycles. The van der Waals surface area contributed by atoms with Crippen molar-refractivity contribution in [2.45, 2.75) is 18.9 Å². The number of alkyl halides is 1. The number of rotatable bonds is 3. The quantitative estimate of drug-likeness (QED) is 0.774. The molecule has 112 valence electrons. The van der Waals surface area contributed by atoms with Gasteiger partial charge in [0.1, 0.15) is 17.7 Å². The molecule has 2 aromatic rings. The first-order valence-electron chi connectivity index (χ1n) is 6.69. The Labute approximate surface area is 135 Å². The van der Waals surface area contributed by atoms with Crippen LogP contribution in [-0.2, 0) is 11.2 Å². The lowest BCUT2D eigenvalue weighted by atomic mass is 10.2. The third-order valence-electron chi connectivity index (χ3n) is 3.83. The summed E-state index contributed by atoms with van der Waals surface area (Å²) in [5.74, 6) is 0.809. The van der Waals surface area contributed by atoms with E-state index in [2.05, 4.69) is 20.9 Å². The summed E-state index contributed by atoms with van der Waals surface area (Å²) in [5, 5.41) is 0. The number of hydrogen-bond acceptors (Lipinski definition) is 2. The Hall–Kier alpha value is -1.14. The Kier molecular flexibility index (Phi) is 3.92. The molecule has 1 unspecified atom stereocenters. The first-order chi connectivity index (χ1) is 10.0. The number of aromatic nitrogens is 2. The number of likely N-dealkylation sites (N-methyl/N-ethyl adjacent to an activating group) is 1. The number of amides is 1. The highest BCUT2D eigenvalue weighted by Gasteiger charge is 2.33. The molecule has 0 bridgehead atoms. The molecule has 1 fully saturated rings. The van der Waals surface area contributed by atoms with Crippen LogP contribution in [-0.4, -0.2) is 39.8 Å². The second-order valence-corrected chi connectivity index (χ2v) is 6.39. The average molecular weight is 375 g/mol. The summed E-state index contributed by atoms with van der Waals surface area (Å²) >= 11 is 9.01. The lowest BCUT2D eigenvalue weighted by Crippen LogP contribution is -2.25. The van der Waals surface area contributed by atoms with Crippen molar-refractivity contribution >= 4 is 44.5 Å². The molecule has 0 N–H and O–H groups in total. The molecule has 2 heterocycles. The lowest BCUT2D eigenvalue weighted by Gasteiger charge is -2.15. The summed E-state index contributed by atoms with van der Waals surface area (Å²) in [7, 11) is 1.78. The SMILES string of the molecule is CN1CCC(n2c(CCCl)nc3cc(Br)c(F)cc32)C1=O. The summed E-state index contributed by atoms with van der Waals surface area (Å²) in [6.45, 7) is 0.697. The van der Waals surface area contributed by atoms with Crippen molar-refractivity contribution < 1.29 is 9.18 Å². The topological polar surface area (TPSA) is 38.1 Å². The van der Waals surface area contributed by atoms with Crippen LogP contribution >= 0.6 is 27.5 Å². The molecular weight excluding hydrogens is 361 g/mol. The number of nitrogens with zero attached hydrogens (tertiary/aromatic N) is 3. The summed E-state index contributed by atoms with van der Waals surface area (Å²) in [4.78, 5) is 18.5. The zero-order valence-electron chi connectivity index (χ0n) is 11.4. The van der Waals surface area contributed by atoms with Crippen LogP contribution < -0.4 is 0 Å². The van der Waals surface area contributed by atoms with E-state index in [9.17, 15) is 9.18 Å². The Bertz CT molecular complexity index is 718. The van der Waals surface area contributed by atoms with Gasteiger partial charge in [-0.05, 0) is 28.4 Å². The predicted octanol–water partition coefficient (Wildman–Crippen LogP) is 3.12. The van der Waals surface area contributed by atoms with E-state index < -0.39 is 0 Å². The first-order valence-corrected chi connectivity index (χ1v) is 8.02. The van der Waals surface area contributed by atoms with Crippen LogP contribution in [0.4, 0.5) is 4.39 Å². The fourth-order valence-corrected chi connectivity index (χ4v) is 3.29. The van der Waals surface area contributed by atoms with Gasteiger partial charge in [0.05, 0.1) is 15.5 Å². The number of fused-ring (bicyclic) bond motifs is 1. The van der Waals surface area contributed by atoms with Crippen LogP contribution in [0, 0.1) is 5.82 Å². The monoisotopic (exact) mass is 373 g/mol. The molecule has 0 spiro atoms. The highest BCUT2D eigenvalue weighted by molar-refractivity contribution is 9.10. The van der Waals surface area contributed by atoms with E-state index in [0.29, 0.717) is 40.8 Å². The van der Waals surface area contributed by atoms with Crippen molar-refractivity contribution in [3.8, 4) is 0 Å². The predicted molar refractivity (Wildman–Crippen MR) is 83.1 cm³/mol. The molecule has 0 radical (unpaired) electrons. The number of aryl methyl sites for hydroxylation is 1. The third-order valence-corrected chi connectivity index (χ3v) is 4.63. The number of halogens is 3. The van der Waals surface area contributed by atoms with Crippen LogP contribution in [0.15, 0.2) is 16.6 Å². The Morgan fingerprint density at radius 1 is 1.52 bits per heavy atom. The normalized spacial score (nSPS) is 19.0. The van der Waals surface area contributed by atoms with Gasteiger partial charge in [0.25, 0.3) is 0 Å². The lowest BCUT2D eigenvalue weighted by molar-refractivity contribution is -0.129. The number of carbonyl (C=O) groups excluding carboxylic acids is 1. The molecule has 1 atom stereocenters. The number of imidazole rings is 1. The molecule has 4 nitrogen and oxygen atoms in total. The summed E-state index contributed by atoms with van der Waals surface area (Å²) < 4.78 is 16.1. The standard InChI is InChI=1S/C14H14BrClFN3O/c1-19-5-3-11(14(19)21)20-12-7-9(17)8(15)6-10(12)18-13(20)2-4-16/h6-7,11H,2-5H2,1H3. The highest BCUT2D eigenvalue weighted by Crippen LogP contribution is 2.31. The van der Waals surface area contributed by atoms with Gasteiger partial charge in [-0.1, -0.05) is 0 Å². The molecular formula is C14H14BrClFN3O. The Balaban J connectivity index is 2.20. The molecule has 1 aromatic heterocycles. The molecule has 7 heteroatoms. The summed E-state index contributed by atoms with van der Waals surface area (Å²) in [6, 6.07) is 2.75. The highest BCUT2D eigenvalue weighted by atomic mass is 79.9. The van der Waals surface area contributed by atoms with Crippen LogP contribution in [0.2, 0.25) is 0 Å². The fourth-order valence-electron chi connectivity index (χ4n) is 2.79. The molecule has 1 aliphatic rings. The largest absolute Gasteiger partial charge is 0.344 e. The fraction of sp³-hybridized carbons (Fsp3) is 0.429. The number of benzene rings is 1. The van der Waals surface area contributed by atoms with Gasteiger partial charge in [-0.2, -0.15) is 0 Å². The molecule has 1 amide bonds. The van der Waals surface area contributed by atoms with E-state index in [1.54, 1.807) is 18.0 Å². The van der Waals surface area contributed by atoms with Gasteiger partial charge in [-0.25, -0.2) is 9.37 Å². The van der Waals surface area contributed by atoms with Crippen molar-refractivity contribution in [1.29, 1.82) is 0 Å². The zero-order valence-corrected chi connectivity index (χ0v) is 13.8. The van der Waals surface area contributed by atoms with Gasteiger partial charge < -0.3 is 9.47 Å². The minimum Gasteiger partial charge on any atom is -0.344 e. The maximum Gasteiger partial charge on any atom is 0.245 e. The maximum absolute atomic E-state index is 13.9. The van der Waals surface area contributed by atoms with Gasteiger partial charge in [0, 0.05) is 32.0 Å². The van der Waals surface area contributed by atoms with E-state index in [0.717, 1.165) is 5.82 Å². The average Bonchev–Trinajstić information content (AvgIpc) is 2.93. The zero-order chi connectivity index (χ0) is 15.1. The minimum atomic E-state index is -0.361. The van der Waals surface area contributed by atoms with Crippen molar-refractivity contribution in [3.63, 3.8) is 0 Å². The van der Waals surface area contributed by atoms with Gasteiger partial charge in [-0.3, -0.25) is 4.79 Å². The summed E-state index contributed by atoms with van der Waals surface area (Å²) in [6.07, 6.45) is 1.25.